The molecule has 0 aliphatic carbocycles. The van der Waals surface area contributed by atoms with Gasteiger partial charge in [-0.2, -0.15) is 0 Å². The third-order valence-corrected chi connectivity index (χ3v) is 9.92. The molecule has 0 aliphatic rings. The van der Waals surface area contributed by atoms with Crippen LogP contribution in [0.5, 0.6) is 5.75 Å². The van der Waals surface area contributed by atoms with Crippen LogP contribution >= 0.6 is 18.9 Å². The van der Waals surface area contributed by atoms with E-state index in [9.17, 15) is 0 Å². The Bertz CT molecular complexity index is 975. The largest absolute Gasteiger partial charge is 1.00 e. The molecular weight excluding hydrogens is 475 g/mol. The summed E-state index contributed by atoms with van der Waals surface area (Å²) in [5.74, 6) is 0.719. The summed E-state index contributed by atoms with van der Waals surface area (Å²) >= 11 is 6.30. The summed E-state index contributed by atoms with van der Waals surface area (Å²) in [6.07, 6.45) is 0.901. The third kappa shape index (κ3) is 4.47. The minimum Gasteiger partial charge on any atom is -1.00 e. The van der Waals surface area contributed by atoms with Crippen molar-refractivity contribution in [3.05, 3.63) is 120 Å². The van der Waals surface area contributed by atoms with E-state index >= 15 is 0 Å². The summed E-state index contributed by atoms with van der Waals surface area (Å²) in [4.78, 5) is 0. The molecule has 0 spiro atoms. The minimum absolute atomic E-state index is 0. The molecule has 4 rings (SSSR count). The summed E-state index contributed by atoms with van der Waals surface area (Å²) in [6.45, 7) is 0. The molecule has 1 nitrogen and oxygen atoms in total. The lowest BCUT2D eigenvalue weighted by Gasteiger charge is -2.28. The van der Waals surface area contributed by atoms with Crippen molar-refractivity contribution in [2.24, 2.45) is 0 Å². The van der Waals surface area contributed by atoms with Crippen LogP contribution in [0.1, 0.15) is 5.56 Å². The van der Waals surface area contributed by atoms with Gasteiger partial charge in [-0.15, -0.1) is 0 Å². The van der Waals surface area contributed by atoms with Gasteiger partial charge in [-0.3, -0.25) is 0 Å². The first kappa shape index (κ1) is 22.6. The monoisotopic (exact) mass is 496 g/mol. The highest BCUT2D eigenvalue weighted by atomic mass is 79.9. The normalized spacial score (nSPS) is 10.9. The maximum atomic E-state index is 6.30. The molecule has 0 unspecified atom stereocenters. The number of rotatable bonds is 6. The second-order valence-corrected chi connectivity index (χ2v) is 10.8. The van der Waals surface area contributed by atoms with Crippen molar-refractivity contribution in [2.45, 2.75) is 6.16 Å². The molecule has 0 aromatic heterocycles. The van der Waals surface area contributed by atoms with Gasteiger partial charge < -0.3 is 21.7 Å². The summed E-state index contributed by atoms with van der Waals surface area (Å²) in [5.41, 5.74) is 1.22. The van der Waals surface area contributed by atoms with E-state index in [0.29, 0.717) is 5.02 Å². The highest BCUT2D eigenvalue weighted by Crippen LogP contribution is 2.58. The van der Waals surface area contributed by atoms with Crippen LogP contribution in [0, 0.1) is 0 Å². The van der Waals surface area contributed by atoms with E-state index in [2.05, 4.69) is 103 Å². The van der Waals surface area contributed by atoms with Crippen LogP contribution in [0.3, 0.4) is 0 Å². The molecule has 0 fully saturated rings. The van der Waals surface area contributed by atoms with Gasteiger partial charge in [0.25, 0.3) is 0 Å². The van der Waals surface area contributed by atoms with Gasteiger partial charge >= 0.3 is 0 Å². The number of ether oxygens (including phenoxy) is 1. The minimum atomic E-state index is -1.92. The summed E-state index contributed by atoms with van der Waals surface area (Å²) in [5, 5.41) is 4.74. The zero-order valence-electron chi connectivity index (χ0n) is 16.7. The highest BCUT2D eigenvalue weighted by Gasteiger charge is 2.45. The van der Waals surface area contributed by atoms with Crippen molar-refractivity contribution in [1.82, 2.24) is 0 Å². The first-order valence-corrected chi connectivity index (χ1v) is 12.0. The van der Waals surface area contributed by atoms with Crippen LogP contribution in [-0.2, 0) is 6.16 Å². The Hall–Kier alpha value is -2.12. The predicted molar refractivity (Wildman–Crippen MR) is 127 cm³/mol. The van der Waals surface area contributed by atoms with Crippen molar-refractivity contribution >= 4 is 34.8 Å². The van der Waals surface area contributed by atoms with Crippen LogP contribution in [0.2, 0.25) is 5.02 Å². The molecule has 0 N–H and O–H groups in total. The van der Waals surface area contributed by atoms with Gasteiger partial charge in [0.1, 0.15) is 28.9 Å². The second kappa shape index (κ2) is 10.3. The van der Waals surface area contributed by atoms with Gasteiger partial charge in [-0.25, -0.2) is 0 Å². The average molecular weight is 498 g/mol. The number of hydrogen-bond donors (Lipinski definition) is 0. The molecule has 152 valence electrons. The summed E-state index contributed by atoms with van der Waals surface area (Å²) < 4.78 is 5.50. The third-order valence-electron chi connectivity index (χ3n) is 5.23. The standard InChI is InChI=1S/C26H23ClOP.BrH/c1-28-26-19-21(17-18-25(26)27)20-29(22-11-5-2-6-12-22,23-13-7-3-8-14-23)24-15-9-4-10-16-24;/h2-19H,20H2,1H3;1H/q+1;/p-1. The maximum absolute atomic E-state index is 6.30. The SMILES string of the molecule is COc1cc(C[P+](c2ccccc2)(c2ccccc2)c2ccccc2)ccc1Cl.[Br-]. The Labute approximate surface area is 194 Å². The van der Waals surface area contributed by atoms with Gasteiger partial charge in [0, 0.05) is 0 Å². The smallest absolute Gasteiger partial charge is 0.137 e. The van der Waals surface area contributed by atoms with Crippen molar-refractivity contribution in [1.29, 1.82) is 0 Å². The lowest BCUT2D eigenvalue weighted by atomic mass is 10.2. The van der Waals surface area contributed by atoms with Gasteiger partial charge in [-0.1, -0.05) is 72.3 Å². The first-order valence-electron chi connectivity index (χ1n) is 9.61. The molecule has 0 radical (unpaired) electrons. The van der Waals surface area contributed by atoms with Crippen LogP contribution in [0.25, 0.3) is 0 Å². The molecule has 0 saturated carbocycles. The zero-order chi connectivity index (χ0) is 20.1. The van der Waals surface area contributed by atoms with Gasteiger partial charge in [0.15, 0.2) is 0 Å². The zero-order valence-corrected chi connectivity index (χ0v) is 19.9. The molecule has 4 aromatic carbocycles. The van der Waals surface area contributed by atoms with E-state index in [0.717, 1.165) is 11.9 Å². The fourth-order valence-electron chi connectivity index (χ4n) is 3.84. The van der Waals surface area contributed by atoms with Crippen molar-refractivity contribution in [2.75, 3.05) is 7.11 Å². The average Bonchev–Trinajstić information content (AvgIpc) is 2.80. The quantitative estimate of drug-likeness (QED) is 0.372. The molecule has 0 saturated heterocycles. The van der Waals surface area contributed by atoms with E-state index in [1.54, 1.807) is 7.11 Å². The van der Waals surface area contributed by atoms with E-state index < -0.39 is 7.26 Å². The molecule has 4 aromatic rings. The topological polar surface area (TPSA) is 9.23 Å². The van der Waals surface area contributed by atoms with Crippen LogP contribution in [0.15, 0.2) is 109 Å². The van der Waals surface area contributed by atoms with Gasteiger partial charge in [0.2, 0.25) is 0 Å². The lowest BCUT2D eigenvalue weighted by Crippen LogP contribution is -3.00. The van der Waals surface area contributed by atoms with Crippen molar-refractivity contribution < 1.29 is 21.7 Å². The Morgan fingerprint density at radius 3 is 1.50 bits per heavy atom. The lowest BCUT2D eigenvalue weighted by molar-refractivity contribution is -0.00000587. The fourth-order valence-corrected chi connectivity index (χ4v) is 8.27. The van der Waals surface area contributed by atoms with Crippen molar-refractivity contribution in [3.63, 3.8) is 0 Å². The Morgan fingerprint density at radius 2 is 1.10 bits per heavy atom. The van der Waals surface area contributed by atoms with Crippen LogP contribution in [-0.4, -0.2) is 7.11 Å². The second-order valence-electron chi connectivity index (χ2n) is 6.94. The van der Waals surface area contributed by atoms with Crippen molar-refractivity contribution in [3.8, 4) is 5.75 Å². The molecular formula is C26H23BrClOP. The van der Waals surface area contributed by atoms with Gasteiger partial charge in [0.05, 0.1) is 18.3 Å². The number of halogens is 2. The molecule has 0 heterocycles. The molecule has 30 heavy (non-hydrogen) atoms. The number of hydrogen-bond acceptors (Lipinski definition) is 1. The van der Waals surface area contributed by atoms with Crippen LogP contribution < -0.4 is 37.6 Å². The molecule has 0 atom stereocenters. The number of benzene rings is 4. The van der Waals surface area contributed by atoms with Crippen LogP contribution in [0.4, 0.5) is 0 Å². The molecule has 0 amide bonds. The fraction of sp³-hybridized carbons (Fsp3) is 0.0769. The first-order chi connectivity index (χ1) is 14.2. The Balaban J connectivity index is 0.00000256. The Morgan fingerprint density at radius 1 is 0.667 bits per heavy atom. The number of methoxy groups -OCH3 is 1. The summed E-state index contributed by atoms with van der Waals surface area (Å²) in [7, 11) is -0.254. The van der Waals surface area contributed by atoms with E-state index in [1.807, 2.05) is 6.07 Å². The molecule has 0 bridgehead atoms. The Kier molecular flexibility index (Phi) is 7.72. The summed E-state index contributed by atoms with van der Waals surface area (Å²) in [6, 6.07) is 38.8. The molecule has 0 aliphatic heterocycles. The van der Waals surface area contributed by atoms with E-state index in [1.165, 1.54) is 21.5 Å². The van der Waals surface area contributed by atoms with Gasteiger partial charge in [-0.05, 0) is 54.1 Å². The highest BCUT2D eigenvalue weighted by molar-refractivity contribution is 7.95. The molecule has 4 heteroatoms. The predicted octanol–water partition coefficient (Wildman–Crippen LogP) is 2.85. The van der Waals surface area contributed by atoms with E-state index in [-0.39, 0.29) is 17.0 Å². The maximum Gasteiger partial charge on any atom is 0.137 e. The van der Waals surface area contributed by atoms with E-state index in [4.69, 9.17) is 16.3 Å².